The van der Waals surface area contributed by atoms with Gasteiger partial charge in [0.05, 0.1) is 19.5 Å². The van der Waals surface area contributed by atoms with Gasteiger partial charge in [-0.3, -0.25) is 9.69 Å². The number of furan rings is 1. The van der Waals surface area contributed by atoms with Crippen molar-refractivity contribution in [2.75, 3.05) is 26.3 Å². The summed E-state index contributed by atoms with van der Waals surface area (Å²) in [6.45, 7) is 4.79. The van der Waals surface area contributed by atoms with Gasteiger partial charge in [0.2, 0.25) is 17.6 Å². The SMILES string of the molecule is O=C(CCc1nc(-c2ccco2)no1)NCc1ccccc1CN1CCOCC1. The number of aromatic nitrogens is 2. The second-order valence-electron chi connectivity index (χ2n) is 6.92. The lowest BCUT2D eigenvalue weighted by Gasteiger charge is -2.27. The number of benzene rings is 1. The molecular weight excluding hydrogens is 372 g/mol. The maximum absolute atomic E-state index is 12.3. The van der Waals surface area contributed by atoms with Crippen molar-refractivity contribution in [3.05, 3.63) is 59.7 Å². The van der Waals surface area contributed by atoms with Gasteiger partial charge in [-0.25, -0.2) is 0 Å². The van der Waals surface area contributed by atoms with E-state index in [2.05, 4.69) is 32.5 Å². The van der Waals surface area contributed by atoms with Crippen molar-refractivity contribution in [1.82, 2.24) is 20.4 Å². The minimum Gasteiger partial charge on any atom is -0.461 e. The number of ether oxygens (including phenoxy) is 1. The number of carbonyl (C=O) groups is 1. The summed E-state index contributed by atoms with van der Waals surface area (Å²) in [4.78, 5) is 18.9. The summed E-state index contributed by atoms with van der Waals surface area (Å²) >= 11 is 0. The van der Waals surface area contributed by atoms with Crippen LogP contribution in [0.25, 0.3) is 11.6 Å². The Morgan fingerprint density at radius 2 is 1.93 bits per heavy atom. The van der Waals surface area contributed by atoms with Crippen molar-refractivity contribution in [2.24, 2.45) is 0 Å². The van der Waals surface area contributed by atoms with Gasteiger partial charge in [0.1, 0.15) is 0 Å². The fourth-order valence-electron chi connectivity index (χ4n) is 3.25. The zero-order valence-corrected chi connectivity index (χ0v) is 16.2. The maximum Gasteiger partial charge on any atom is 0.238 e. The van der Waals surface area contributed by atoms with Crippen LogP contribution in [0.2, 0.25) is 0 Å². The van der Waals surface area contributed by atoms with E-state index in [4.69, 9.17) is 13.7 Å². The Labute approximate surface area is 168 Å². The zero-order valence-electron chi connectivity index (χ0n) is 16.2. The van der Waals surface area contributed by atoms with Gasteiger partial charge in [0.15, 0.2) is 5.76 Å². The molecule has 1 saturated heterocycles. The third-order valence-corrected chi connectivity index (χ3v) is 4.87. The Morgan fingerprint density at radius 3 is 2.72 bits per heavy atom. The second-order valence-corrected chi connectivity index (χ2v) is 6.92. The van der Waals surface area contributed by atoms with Crippen LogP contribution in [0, 0.1) is 0 Å². The van der Waals surface area contributed by atoms with E-state index in [9.17, 15) is 4.79 Å². The molecule has 2 aromatic heterocycles. The van der Waals surface area contributed by atoms with Crippen LogP contribution in [-0.4, -0.2) is 47.3 Å². The van der Waals surface area contributed by atoms with Crippen LogP contribution in [0.5, 0.6) is 0 Å². The molecule has 1 fully saturated rings. The van der Waals surface area contributed by atoms with Gasteiger partial charge in [0, 0.05) is 39.0 Å². The monoisotopic (exact) mass is 396 g/mol. The molecule has 3 aromatic rings. The first-order valence-corrected chi connectivity index (χ1v) is 9.78. The highest BCUT2D eigenvalue weighted by Gasteiger charge is 2.14. The van der Waals surface area contributed by atoms with Crippen molar-refractivity contribution < 1.29 is 18.5 Å². The third-order valence-electron chi connectivity index (χ3n) is 4.87. The molecule has 8 nitrogen and oxygen atoms in total. The Bertz CT molecular complexity index is 916. The summed E-state index contributed by atoms with van der Waals surface area (Å²) in [7, 11) is 0. The number of carbonyl (C=O) groups excluding carboxylic acids is 1. The number of nitrogens with one attached hydrogen (secondary N) is 1. The molecule has 0 saturated carbocycles. The number of amides is 1. The molecule has 3 heterocycles. The summed E-state index contributed by atoms with van der Waals surface area (Å²) in [5.74, 6) is 1.30. The highest BCUT2D eigenvalue weighted by atomic mass is 16.5. The molecule has 152 valence electrons. The van der Waals surface area contributed by atoms with E-state index >= 15 is 0 Å². The zero-order chi connectivity index (χ0) is 19.9. The molecule has 1 N–H and O–H groups in total. The minimum atomic E-state index is -0.0519. The first kappa shape index (κ1) is 19.4. The Morgan fingerprint density at radius 1 is 1.10 bits per heavy atom. The van der Waals surface area contributed by atoms with Crippen molar-refractivity contribution in [2.45, 2.75) is 25.9 Å². The molecule has 0 spiro atoms. The lowest BCUT2D eigenvalue weighted by molar-refractivity contribution is -0.121. The molecule has 1 aliphatic rings. The molecule has 0 unspecified atom stereocenters. The first-order valence-electron chi connectivity index (χ1n) is 9.78. The van der Waals surface area contributed by atoms with Gasteiger partial charge >= 0.3 is 0 Å². The number of nitrogens with zero attached hydrogens (tertiary/aromatic N) is 3. The summed E-state index contributed by atoms with van der Waals surface area (Å²) in [5.41, 5.74) is 2.36. The first-order chi connectivity index (χ1) is 14.3. The van der Waals surface area contributed by atoms with E-state index in [1.54, 1.807) is 18.4 Å². The molecular formula is C21H24N4O4. The minimum absolute atomic E-state index is 0.0519. The van der Waals surface area contributed by atoms with Crippen molar-refractivity contribution in [3.8, 4) is 11.6 Å². The van der Waals surface area contributed by atoms with E-state index in [1.807, 2.05) is 12.1 Å². The van der Waals surface area contributed by atoms with Crippen LogP contribution in [-0.2, 0) is 29.0 Å². The number of aryl methyl sites for hydroxylation is 1. The topological polar surface area (TPSA) is 93.6 Å². The normalized spacial score (nSPS) is 14.8. The molecule has 0 bridgehead atoms. The number of rotatable bonds is 8. The Balaban J connectivity index is 1.26. The highest BCUT2D eigenvalue weighted by Crippen LogP contribution is 2.16. The quantitative estimate of drug-likeness (QED) is 0.625. The summed E-state index contributed by atoms with van der Waals surface area (Å²) in [5, 5.41) is 6.86. The largest absolute Gasteiger partial charge is 0.461 e. The molecule has 8 heteroatoms. The van der Waals surface area contributed by atoms with Crippen molar-refractivity contribution >= 4 is 5.91 Å². The molecule has 0 atom stereocenters. The fourth-order valence-corrected chi connectivity index (χ4v) is 3.25. The standard InChI is InChI=1S/C21H24N4O4/c26-19(7-8-20-23-21(24-29-20)18-6-3-11-28-18)22-14-16-4-1-2-5-17(16)15-25-9-12-27-13-10-25/h1-6,11H,7-10,12-15H2,(H,22,26). The number of hydrogen-bond donors (Lipinski definition) is 1. The van der Waals surface area contributed by atoms with Gasteiger partial charge in [0.25, 0.3) is 0 Å². The maximum atomic E-state index is 12.3. The lowest BCUT2D eigenvalue weighted by atomic mass is 10.1. The molecule has 1 aromatic carbocycles. The van der Waals surface area contributed by atoms with Gasteiger partial charge < -0.3 is 19.0 Å². The number of hydrogen-bond acceptors (Lipinski definition) is 7. The second kappa shape index (κ2) is 9.49. The van der Waals surface area contributed by atoms with Gasteiger partial charge in [-0.15, -0.1) is 0 Å². The van der Waals surface area contributed by atoms with E-state index in [0.29, 0.717) is 30.4 Å². The van der Waals surface area contributed by atoms with Gasteiger partial charge in [-0.2, -0.15) is 4.98 Å². The van der Waals surface area contributed by atoms with Crippen molar-refractivity contribution in [3.63, 3.8) is 0 Å². The molecule has 1 amide bonds. The van der Waals surface area contributed by atoms with E-state index in [1.165, 1.54) is 5.56 Å². The number of morpholine rings is 1. The summed E-state index contributed by atoms with van der Waals surface area (Å²) in [6, 6.07) is 11.7. The van der Waals surface area contributed by atoms with E-state index in [-0.39, 0.29) is 12.3 Å². The predicted molar refractivity (Wildman–Crippen MR) is 105 cm³/mol. The van der Waals surface area contributed by atoms with Crippen LogP contribution in [0.15, 0.2) is 51.6 Å². The van der Waals surface area contributed by atoms with Crippen LogP contribution < -0.4 is 5.32 Å². The third kappa shape index (κ3) is 5.30. The molecule has 0 aliphatic carbocycles. The van der Waals surface area contributed by atoms with Crippen LogP contribution in [0.3, 0.4) is 0 Å². The highest BCUT2D eigenvalue weighted by molar-refractivity contribution is 5.76. The predicted octanol–water partition coefficient (Wildman–Crippen LogP) is 2.41. The average molecular weight is 396 g/mol. The van der Waals surface area contributed by atoms with Gasteiger partial charge in [-0.1, -0.05) is 29.4 Å². The van der Waals surface area contributed by atoms with E-state index in [0.717, 1.165) is 38.4 Å². The summed E-state index contributed by atoms with van der Waals surface area (Å²) in [6.07, 6.45) is 2.22. The lowest BCUT2D eigenvalue weighted by Crippen LogP contribution is -2.36. The van der Waals surface area contributed by atoms with Crippen LogP contribution in [0.1, 0.15) is 23.4 Å². The molecule has 0 radical (unpaired) electrons. The van der Waals surface area contributed by atoms with E-state index < -0.39 is 0 Å². The molecule has 29 heavy (non-hydrogen) atoms. The fraction of sp³-hybridized carbons (Fsp3) is 0.381. The van der Waals surface area contributed by atoms with Gasteiger partial charge in [-0.05, 0) is 23.3 Å². The smallest absolute Gasteiger partial charge is 0.238 e. The van der Waals surface area contributed by atoms with Crippen LogP contribution >= 0.6 is 0 Å². The van der Waals surface area contributed by atoms with Crippen LogP contribution in [0.4, 0.5) is 0 Å². The Hall–Kier alpha value is -2.97. The summed E-state index contributed by atoms with van der Waals surface area (Å²) < 4.78 is 15.8. The molecule has 4 rings (SSSR count). The Kier molecular flexibility index (Phi) is 6.33. The van der Waals surface area contributed by atoms with Crippen molar-refractivity contribution in [1.29, 1.82) is 0 Å². The average Bonchev–Trinajstić information content (AvgIpc) is 3.44. The molecule has 1 aliphatic heterocycles.